The van der Waals surface area contributed by atoms with Crippen molar-refractivity contribution in [3.8, 4) is 0 Å². The number of nitrogens with one attached hydrogen (secondary N) is 1. The summed E-state index contributed by atoms with van der Waals surface area (Å²) < 4.78 is 1.63. The van der Waals surface area contributed by atoms with Crippen LogP contribution in [0.15, 0.2) is 21.2 Å². The Morgan fingerprint density at radius 3 is 2.58 bits per heavy atom. The molecule has 0 bridgehead atoms. The molecule has 0 spiro atoms. The molecule has 0 fully saturated rings. The molecule has 0 aromatic carbocycles. The van der Waals surface area contributed by atoms with E-state index in [-0.39, 0.29) is 0 Å². The number of allylic oxidation sites excluding steroid dienone is 2. The van der Waals surface area contributed by atoms with E-state index in [0.29, 0.717) is 18.9 Å². The quantitative estimate of drug-likeness (QED) is 0.313. The van der Waals surface area contributed by atoms with Crippen LogP contribution in [0.1, 0.15) is 20.3 Å². The fraction of sp³-hybridized carbons (Fsp3) is 0.583. The van der Waals surface area contributed by atoms with Gasteiger partial charge in [0, 0.05) is 33.0 Å². The number of quaternary nitrogens is 1. The van der Waals surface area contributed by atoms with Crippen LogP contribution in [0, 0.1) is 5.92 Å². The van der Waals surface area contributed by atoms with Gasteiger partial charge in [-0.25, -0.2) is 4.84 Å². The molecule has 0 aliphatic carbocycles. The van der Waals surface area contributed by atoms with Crippen molar-refractivity contribution in [3.63, 3.8) is 0 Å². The maximum absolute atomic E-state index is 11.0. The van der Waals surface area contributed by atoms with Gasteiger partial charge >= 0.3 is 5.97 Å². The summed E-state index contributed by atoms with van der Waals surface area (Å²) in [5.41, 5.74) is 1.56. The third-order valence-corrected chi connectivity index (χ3v) is 3.14. The maximum atomic E-state index is 11.0. The molecule has 4 N–H and O–H groups in total. The molecule has 0 rings (SSSR count). The fourth-order valence-electron chi connectivity index (χ4n) is 1.38. The molecule has 5 nitrogen and oxygen atoms in total. The van der Waals surface area contributed by atoms with Crippen LogP contribution >= 0.6 is 31.9 Å². The van der Waals surface area contributed by atoms with Gasteiger partial charge in [0.15, 0.2) is 0 Å². The Bertz CT molecular complexity index is 344. The van der Waals surface area contributed by atoms with E-state index in [1.54, 1.807) is 12.6 Å². The van der Waals surface area contributed by atoms with E-state index < -0.39 is 12.0 Å². The van der Waals surface area contributed by atoms with Gasteiger partial charge in [0.2, 0.25) is 4.61 Å². The van der Waals surface area contributed by atoms with E-state index >= 15 is 0 Å². The van der Waals surface area contributed by atoms with E-state index in [9.17, 15) is 4.79 Å². The van der Waals surface area contributed by atoms with Crippen LogP contribution in [0.25, 0.3) is 0 Å². The van der Waals surface area contributed by atoms with E-state index in [1.165, 1.54) is 0 Å². The second-order valence-corrected chi connectivity index (χ2v) is 6.23. The highest BCUT2D eigenvalue weighted by atomic mass is 79.9. The molecule has 0 aromatic heterocycles. The van der Waals surface area contributed by atoms with E-state index in [1.807, 2.05) is 26.0 Å². The highest BCUT2D eigenvalue weighted by Gasteiger charge is 2.17. The number of halogens is 2. The molecular formula is C12H21Br2N2O3+. The van der Waals surface area contributed by atoms with Crippen molar-refractivity contribution in [2.45, 2.75) is 26.3 Å². The fourth-order valence-corrected chi connectivity index (χ4v) is 2.53. The second-order valence-electron chi connectivity index (χ2n) is 4.40. The smallest absolute Gasteiger partial charge is 0.320 e. The van der Waals surface area contributed by atoms with Crippen LogP contribution in [0.4, 0.5) is 0 Å². The lowest BCUT2D eigenvalue weighted by Gasteiger charge is -2.15. The van der Waals surface area contributed by atoms with Crippen molar-refractivity contribution in [3.05, 3.63) is 21.2 Å². The van der Waals surface area contributed by atoms with Crippen LogP contribution < -0.4 is 10.8 Å². The van der Waals surface area contributed by atoms with E-state index in [4.69, 9.17) is 9.94 Å². The normalized spacial score (nSPS) is 14.8. The highest BCUT2D eigenvalue weighted by molar-refractivity contribution is 9.12. The number of carbonyl (C=O) groups is 1. The minimum Gasteiger partial charge on any atom is -0.480 e. The van der Waals surface area contributed by atoms with Gasteiger partial charge in [-0.1, -0.05) is 35.9 Å². The number of rotatable bonds is 9. The maximum Gasteiger partial charge on any atom is 0.320 e. The summed E-state index contributed by atoms with van der Waals surface area (Å²) in [6.07, 6.45) is 4.29. The second kappa shape index (κ2) is 10.6. The van der Waals surface area contributed by atoms with Crippen LogP contribution in [0.3, 0.4) is 0 Å². The zero-order chi connectivity index (χ0) is 14.8. The molecule has 0 aliphatic rings. The lowest BCUT2D eigenvalue weighted by Crippen LogP contribution is -2.78. The molecule has 0 saturated carbocycles. The topological polar surface area (TPSA) is 75.2 Å². The number of aliphatic carboxylic acids is 1. The first-order valence-electron chi connectivity index (χ1n) is 5.91. The van der Waals surface area contributed by atoms with E-state index in [2.05, 4.69) is 37.2 Å². The van der Waals surface area contributed by atoms with Crippen molar-refractivity contribution in [1.82, 2.24) is 5.32 Å². The summed E-state index contributed by atoms with van der Waals surface area (Å²) in [6.45, 7) is 4.49. The first-order valence-corrected chi connectivity index (χ1v) is 7.50. The Morgan fingerprint density at radius 1 is 1.47 bits per heavy atom. The van der Waals surface area contributed by atoms with Crippen LogP contribution in [0.2, 0.25) is 0 Å². The average Bonchev–Trinajstić information content (AvgIpc) is 2.27. The summed E-state index contributed by atoms with van der Waals surface area (Å²) >= 11 is 6.69. The molecule has 0 amide bonds. The number of hydrogen-bond donors (Lipinski definition) is 3. The Labute approximate surface area is 130 Å². The molecule has 0 aliphatic heterocycles. The number of hydroxylamine groups is 1. The first kappa shape index (κ1) is 18.8. The predicted octanol–water partition coefficient (Wildman–Crippen LogP) is 1.72. The summed E-state index contributed by atoms with van der Waals surface area (Å²) in [7, 11) is 1.57. The van der Waals surface area contributed by atoms with Gasteiger partial charge < -0.3 is 10.4 Å². The molecule has 0 heterocycles. The minimum atomic E-state index is -0.817. The number of nitrogens with two attached hydrogens (primary N) is 1. The van der Waals surface area contributed by atoms with Crippen LogP contribution in [-0.2, 0) is 9.63 Å². The van der Waals surface area contributed by atoms with Gasteiger partial charge in [-0.3, -0.25) is 4.79 Å². The van der Waals surface area contributed by atoms with Crippen molar-refractivity contribution in [2.75, 3.05) is 13.7 Å². The third-order valence-electron chi connectivity index (χ3n) is 2.17. The van der Waals surface area contributed by atoms with Gasteiger partial charge in [-0.15, -0.1) is 0 Å². The Morgan fingerprint density at radius 2 is 2.11 bits per heavy atom. The van der Waals surface area contributed by atoms with Crippen LogP contribution in [-0.4, -0.2) is 30.8 Å². The molecule has 1 atom stereocenters. The minimum absolute atomic E-state index is 0.339. The van der Waals surface area contributed by atoms with Crippen molar-refractivity contribution in [1.29, 1.82) is 0 Å². The molecule has 0 aromatic rings. The predicted molar refractivity (Wildman–Crippen MR) is 81.8 cm³/mol. The molecule has 110 valence electrons. The Hall–Kier alpha value is -0.210. The molecule has 1 unspecified atom stereocenters. The molecule has 7 heteroatoms. The lowest BCUT2D eigenvalue weighted by atomic mass is 10.0. The molecule has 0 saturated heterocycles. The largest absolute Gasteiger partial charge is 0.480 e. The average molecular weight is 401 g/mol. The molecular weight excluding hydrogens is 380 g/mol. The summed E-state index contributed by atoms with van der Waals surface area (Å²) in [4.78, 5) is 15.9. The van der Waals surface area contributed by atoms with Gasteiger partial charge in [0.25, 0.3) is 0 Å². The van der Waals surface area contributed by atoms with Crippen LogP contribution in [0.5, 0.6) is 0 Å². The molecule has 19 heavy (non-hydrogen) atoms. The van der Waals surface area contributed by atoms with Gasteiger partial charge in [0.1, 0.15) is 6.04 Å². The van der Waals surface area contributed by atoms with Crippen molar-refractivity contribution < 1.29 is 20.2 Å². The monoisotopic (exact) mass is 399 g/mol. The Kier molecular flexibility index (Phi) is 10.4. The van der Waals surface area contributed by atoms with Crippen molar-refractivity contribution in [2.24, 2.45) is 5.92 Å². The van der Waals surface area contributed by atoms with E-state index in [0.717, 1.165) is 9.09 Å². The highest BCUT2D eigenvalue weighted by Crippen LogP contribution is 2.10. The SMILES string of the molecule is CO[NH2+]/C(Br)=C\C(Br)=C/CNC(CC(C)C)C(=O)O. The number of carboxylic acid groups (broad SMARTS) is 1. The summed E-state index contributed by atoms with van der Waals surface area (Å²) in [5, 5.41) is 12.1. The zero-order valence-corrected chi connectivity index (χ0v) is 14.5. The Balaban J connectivity index is 4.30. The number of carboxylic acids is 1. The lowest BCUT2D eigenvalue weighted by molar-refractivity contribution is -0.846. The summed E-state index contributed by atoms with van der Waals surface area (Å²) in [5.74, 6) is -0.478. The number of hydrogen-bond acceptors (Lipinski definition) is 3. The van der Waals surface area contributed by atoms with Gasteiger partial charge in [0.05, 0.1) is 7.11 Å². The third kappa shape index (κ3) is 10.3. The first-order chi connectivity index (χ1) is 8.86. The van der Waals surface area contributed by atoms with Gasteiger partial charge in [-0.05, 0) is 12.3 Å². The summed E-state index contributed by atoms with van der Waals surface area (Å²) in [6, 6.07) is -0.519. The van der Waals surface area contributed by atoms with Gasteiger partial charge in [-0.2, -0.15) is 5.48 Å². The molecule has 0 radical (unpaired) electrons. The zero-order valence-electron chi connectivity index (χ0n) is 11.3. The van der Waals surface area contributed by atoms with Crippen molar-refractivity contribution >= 4 is 37.8 Å². The standard InChI is InChI=1S/C12H20Br2N2O3/c1-8(2)6-10(12(17)18)15-5-4-9(13)7-11(14)16-19-3/h4,7-8,10,15-16H,5-6H2,1-3H3,(H,17,18)/p+1/b9-4+,11-7-.